The van der Waals surface area contributed by atoms with Crippen LogP contribution in [0.15, 0.2) is 42.5 Å². The third-order valence-electron chi connectivity index (χ3n) is 4.43. The summed E-state index contributed by atoms with van der Waals surface area (Å²) in [4.78, 5) is 25.4. The van der Waals surface area contributed by atoms with Crippen LogP contribution in [0.5, 0.6) is 0 Å². The lowest BCUT2D eigenvalue weighted by molar-refractivity contribution is -0.121. The quantitative estimate of drug-likeness (QED) is 0.920. The maximum absolute atomic E-state index is 12.0. The van der Waals surface area contributed by atoms with Gasteiger partial charge in [0.15, 0.2) is 0 Å². The van der Waals surface area contributed by atoms with Crippen LogP contribution in [0.25, 0.3) is 0 Å². The van der Waals surface area contributed by atoms with E-state index in [-0.39, 0.29) is 11.8 Å². The Labute approximate surface area is 142 Å². The van der Waals surface area contributed by atoms with Crippen molar-refractivity contribution in [1.29, 1.82) is 0 Å². The number of carbonyl (C=O) groups is 2. The fourth-order valence-corrected chi connectivity index (χ4v) is 3.05. The predicted octanol–water partition coefficient (Wildman–Crippen LogP) is 2.76. The van der Waals surface area contributed by atoms with Gasteiger partial charge in [0.05, 0.1) is 6.42 Å². The van der Waals surface area contributed by atoms with E-state index in [0.29, 0.717) is 19.4 Å². The van der Waals surface area contributed by atoms with Crippen molar-refractivity contribution in [3.63, 3.8) is 0 Å². The number of fused-ring (bicyclic) bond motifs is 1. The van der Waals surface area contributed by atoms with Crippen LogP contribution >= 0.6 is 0 Å². The summed E-state index contributed by atoms with van der Waals surface area (Å²) in [5.74, 6) is 0.162. The number of benzene rings is 2. The Balaban J connectivity index is 1.52. The Bertz CT molecular complexity index is 783. The average molecular weight is 322 g/mol. The second kappa shape index (κ2) is 6.87. The maximum atomic E-state index is 12.0. The SMILES string of the molecule is Cc1cccc(CCC(=O)NCc2ccc3c(c2)CC(=O)N3C)c1. The van der Waals surface area contributed by atoms with Gasteiger partial charge in [0.2, 0.25) is 11.8 Å². The number of nitrogens with one attached hydrogen (secondary N) is 1. The molecule has 0 unspecified atom stereocenters. The van der Waals surface area contributed by atoms with Crippen molar-refractivity contribution in [3.8, 4) is 0 Å². The van der Waals surface area contributed by atoms with Gasteiger partial charge in [-0.1, -0.05) is 42.0 Å². The summed E-state index contributed by atoms with van der Waals surface area (Å²) in [6, 6.07) is 14.2. The van der Waals surface area contributed by atoms with E-state index in [1.807, 2.05) is 30.3 Å². The molecule has 1 aliphatic rings. The summed E-state index contributed by atoms with van der Waals surface area (Å²) in [5, 5.41) is 2.96. The monoisotopic (exact) mass is 322 g/mol. The fraction of sp³-hybridized carbons (Fsp3) is 0.300. The molecule has 4 nitrogen and oxygen atoms in total. The van der Waals surface area contributed by atoms with E-state index in [9.17, 15) is 9.59 Å². The topological polar surface area (TPSA) is 49.4 Å². The number of rotatable bonds is 5. The molecule has 0 atom stereocenters. The summed E-state index contributed by atoms with van der Waals surface area (Å²) >= 11 is 0. The third kappa shape index (κ3) is 3.65. The molecular weight excluding hydrogens is 300 g/mol. The Morgan fingerprint density at radius 3 is 2.79 bits per heavy atom. The molecule has 1 aliphatic heterocycles. The van der Waals surface area contributed by atoms with E-state index >= 15 is 0 Å². The van der Waals surface area contributed by atoms with Gasteiger partial charge in [-0.15, -0.1) is 0 Å². The summed E-state index contributed by atoms with van der Waals surface area (Å²) < 4.78 is 0. The van der Waals surface area contributed by atoms with E-state index in [2.05, 4.69) is 24.4 Å². The van der Waals surface area contributed by atoms with Crippen LogP contribution < -0.4 is 10.2 Å². The molecule has 2 aromatic rings. The van der Waals surface area contributed by atoms with Crippen LogP contribution in [0, 0.1) is 6.92 Å². The molecule has 2 aromatic carbocycles. The van der Waals surface area contributed by atoms with Crippen molar-refractivity contribution in [2.24, 2.45) is 0 Å². The Kier molecular flexibility index (Phi) is 4.65. The molecule has 0 saturated carbocycles. The zero-order valence-corrected chi connectivity index (χ0v) is 14.1. The van der Waals surface area contributed by atoms with Crippen molar-refractivity contribution in [1.82, 2.24) is 5.32 Å². The van der Waals surface area contributed by atoms with E-state index in [0.717, 1.165) is 23.2 Å². The second-order valence-electron chi connectivity index (χ2n) is 6.36. The molecule has 0 fully saturated rings. The first kappa shape index (κ1) is 16.2. The highest BCUT2D eigenvalue weighted by molar-refractivity contribution is 6.00. The van der Waals surface area contributed by atoms with Crippen LogP contribution in [-0.2, 0) is 29.0 Å². The molecule has 4 heteroatoms. The number of hydrogen-bond acceptors (Lipinski definition) is 2. The van der Waals surface area contributed by atoms with Crippen LogP contribution in [0.2, 0.25) is 0 Å². The minimum Gasteiger partial charge on any atom is -0.352 e. The third-order valence-corrected chi connectivity index (χ3v) is 4.43. The first-order chi connectivity index (χ1) is 11.5. The number of aryl methyl sites for hydroxylation is 2. The summed E-state index contributed by atoms with van der Waals surface area (Å²) in [5.41, 5.74) is 5.43. The molecule has 0 aliphatic carbocycles. The Hall–Kier alpha value is -2.62. The van der Waals surface area contributed by atoms with Crippen LogP contribution in [0.1, 0.15) is 28.7 Å². The minimum atomic E-state index is 0.0465. The molecular formula is C20H22N2O2. The molecule has 24 heavy (non-hydrogen) atoms. The molecule has 0 radical (unpaired) electrons. The molecule has 2 amide bonds. The summed E-state index contributed by atoms with van der Waals surface area (Å²) in [6.45, 7) is 2.55. The lowest BCUT2D eigenvalue weighted by Crippen LogP contribution is -2.23. The van der Waals surface area contributed by atoms with Gasteiger partial charge >= 0.3 is 0 Å². The van der Waals surface area contributed by atoms with Gasteiger partial charge in [0.1, 0.15) is 0 Å². The van der Waals surface area contributed by atoms with Crippen molar-refractivity contribution >= 4 is 17.5 Å². The van der Waals surface area contributed by atoms with Crippen molar-refractivity contribution in [2.75, 3.05) is 11.9 Å². The highest BCUT2D eigenvalue weighted by Gasteiger charge is 2.23. The van der Waals surface area contributed by atoms with Crippen molar-refractivity contribution in [2.45, 2.75) is 32.7 Å². The molecule has 1 N–H and O–H groups in total. The summed E-state index contributed by atoms with van der Waals surface area (Å²) in [7, 11) is 1.79. The first-order valence-electron chi connectivity index (χ1n) is 8.23. The number of anilines is 1. The van der Waals surface area contributed by atoms with Crippen molar-refractivity contribution < 1.29 is 9.59 Å². The number of likely N-dealkylation sites (N-methyl/N-ethyl adjacent to an activating group) is 1. The van der Waals surface area contributed by atoms with Gasteiger partial charge in [0.25, 0.3) is 0 Å². The minimum absolute atomic E-state index is 0.0465. The van der Waals surface area contributed by atoms with Gasteiger partial charge in [-0.2, -0.15) is 0 Å². The maximum Gasteiger partial charge on any atom is 0.231 e. The van der Waals surface area contributed by atoms with Crippen molar-refractivity contribution in [3.05, 3.63) is 64.7 Å². The van der Waals surface area contributed by atoms with E-state index in [1.54, 1.807) is 11.9 Å². The standard InChI is InChI=1S/C20H22N2O2/c1-14-4-3-5-15(10-14)7-9-19(23)21-13-16-6-8-18-17(11-16)12-20(24)22(18)2/h3-6,8,10-11H,7,9,12-13H2,1-2H3,(H,21,23). The molecule has 124 valence electrons. The zero-order valence-electron chi connectivity index (χ0n) is 14.1. The molecule has 0 saturated heterocycles. The van der Waals surface area contributed by atoms with Gasteiger partial charge in [-0.3, -0.25) is 9.59 Å². The first-order valence-corrected chi connectivity index (χ1v) is 8.23. The van der Waals surface area contributed by atoms with Gasteiger partial charge in [-0.25, -0.2) is 0 Å². The van der Waals surface area contributed by atoms with E-state index in [1.165, 1.54) is 11.1 Å². The highest BCUT2D eigenvalue weighted by Crippen LogP contribution is 2.28. The van der Waals surface area contributed by atoms with Crippen LogP contribution in [0.3, 0.4) is 0 Å². The Morgan fingerprint density at radius 2 is 2.00 bits per heavy atom. The van der Waals surface area contributed by atoms with E-state index in [4.69, 9.17) is 0 Å². The molecule has 0 aromatic heterocycles. The second-order valence-corrected chi connectivity index (χ2v) is 6.36. The van der Waals surface area contributed by atoms with E-state index < -0.39 is 0 Å². The fourth-order valence-electron chi connectivity index (χ4n) is 3.05. The number of carbonyl (C=O) groups excluding carboxylic acids is 2. The number of hydrogen-bond donors (Lipinski definition) is 1. The molecule has 0 bridgehead atoms. The highest BCUT2D eigenvalue weighted by atomic mass is 16.2. The largest absolute Gasteiger partial charge is 0.352 e. The zero-order chi connectivity index (χ0) is 17.1. The smallest absolute Gasteiger partial charge is 0.231 e. The lowest BCUT2D eigenvalue weighted by atomic mass is 10.1. The van der Waals surface area contributed by atoms with Gasteiger partial charge < -0.3 is 10.2 Å². The number of nitrogens with zero attached hydrogens (tertiary/aromatic N) is 1. The van der Waals surface area contributed by atoms with Crippen LogP contribution in [-0.4, -0.2) is 18.9 Å². The van der Waals surface area contributed by atoms with Gasteiger partial charge in [-0.05, 0) is 36.1 Å². The normalized spacial score (nSPS) is 13.1. The number of amides is 2. The average Bonchev–Trinajstić information content (AvgIpc) is 2.85. The molecule has 3 rings (SSSR count). The molecule has 1 heterocycles. The summed E-state index contributed by atoms with van der Waals surface area (Å²) in [6.07, 6.45) is 1.67. The molecule has 0 spiro atoms. The lowest BCUT2D eigenvalue weighted by Gasteiger charge is -2.11. The van der Waals surface area contributed by atoms with Crippen LogP contribution in [0.4, 0.5) is 5.69 Å². The predicted molar refractivity (Wildman–Crippen MR) is 94.9 cm³/mol. The van der Waals surface area contributed by atoms with Gasteiger partial charge in [0, 0.05) is 25.7 Å². The Morgan fingerprint density at radius 1 is 1.17 bits per heavy atom.